The largest absolute Gasteiger partial charge is 0.548 e. The zero-order chi connectivity index (χ0) is 13.3. The third-order valence-corrected chi connectivity index (χ3v) is 3.79. The zero-order valence-corrected chi connectivity index (χ0v) is 11.0. The van der Waals surface area contributed by atoms with Crippen molar-refractivity contribution in [1.82, 2.24) is 9.88 Å². The van der Waals surface area contributed by atoms with Crippen molar-refractivity contribution in [2.45, 2.75) is 13.0 Å². The van der Waals surface area contributed by atoms with E-state index in [9.17, 15) is 14.7 Å². The Morgan fingerprint density at radius 3 is 2.94 bits per heavy atom. The number of thiocarbonyl (C=S) groups is 1. The van der Waals surface area contributed by atoms with Gasteiger partial charge in [-0.15, -0.1) is 0 Å². The summed E-state index contributed by atoms with van der Waals surface area (Å²) >= 11 is 6.10. The highest BCUT2D eigenvalue weighted by atomic mass is 32.2. The molecule has 1 aromatic rings. The maximum Gasteiger partial charge on any atom is 0.266 e. The number of aromatic nitrogens is 1. The Bertz CT molecular complexity index is 536. The molecule has 18 heavy (non-hydrogen) atoms. The van der Waals surface area contributed by atoms with E-state index in [1.807, 2.05) is 0 Å². The molecule has 2 heterocycles. The van der Waals surface area contributed by atoms with Crippen LogP contribution in [-0.4, -0.2) is 32.1 Å². The molecule has 94 valence electrons. The number of nitrogens with one attached hydrogen (secondary N) is 1. The van der Waals surface area contributed by atoms with Gasteiger partial charge in [-0.05, 0) is 25.1 Å². The molecule has 0 spiro atoms. The van der Waals surface area contributed by atoms with Gasteiger partial charge in [-0.1, -0.05) is 24.0 Å². The van der Waals surface area contributed by atoms with E-state index in [0.717, 1.165) is 22.4 Å². The SMILES string of the molecule is C[C@@H](C(=O)[O-])N1C(=O)/C(=C/c2ccc[nH]2)SC1=S. The Hall–Kier alpha value is -1.60. The van der Waals surface area contributed by atoms with Gasteiger partial charge in [0.15, 0.2) is 0 Å². The summed E-state index contributed by atoms with van der Waals surface area (Å²) in [6.07, 6.45) is 3.37. The van der Waals surface area contributed by atoms with Crippen molar-refractivity contribution in [3.8, 4) is 0 Å². The fraction of sp³-hybridized carbons (Fsp3) is 0.182. The van der Waals surface area contributed by atoms with E-state index in [0.29, 0.717) is 4.91 Å². The molecule has 5 nitrogen and oxygen atoms in total. The van der Waals surface area contributed by atoms with Gasteiger partial charge in [-0.25, -0.2) is 0 Å². The van der Waals surface area contributed by atoms with E-state index in [1.165, 1.54) is 6.92 Å². The van der Waals surface area contributed by atoms with Crippen LogP contribution in [0.4, 0.5) is 0 Å². The highest BCUT2D eigenvalue weighted by Gasteiger charge is 2.35. The molecule has 1 fully saturated rings. The standard InChI is InChI=1S/C11H10N2O3S2/c1-6(10(15)16)13-9(14)8(18-11(13)17)5-7-3-2-4-12-7/h2-6,12H,1H3,(H,15,16)/p-1/b8-5-/t6-/m0/s1. The molecule has 0 saturated carbocycles. The van der Waals surface area contributed by atoms with Gasteiger partial charge in [-0.2, -0.15) is 0 Å². The Balaban J connectivity index is 2.27. The zero-order valence-electron chi connectivity index (χ0n) is 9.38. The van der Waals surface area contributed by atoms with E-state index in [2.05, 4.69) is 4.98 Å². The van der Waals surface area contributed by atoms with Crippen LogP contribution in [0.1, 0.15) is 12.6 Å². The van der Waals surface area contributed by atoms with E-state index in [4.69, 9.17) is 12.2 Å². The second-order valence-electron chi connectivity index (χ2n) is 3.67. The third-order valence-electron chi connectivity index (χ3n) is 2.46. The minimum absolute atomic E-state index is 0.231. The maximum absolute atomic E-state index is 12.0. The predicted octanol–water partition coefficient (Wildman–Crippen LogP) is 0.354. The number of hydrogen-bond acceptors (Lipinski definition) is 5. The summed E-state index contributed by atoms with van der Waals surface area (Å²) < 4.78 is 0.231. The first kappa shape index (κ1) is 12.8. The van der Waals surface area contributed by atoms with Gasteiger partial charge in [0.05, 0.1) is 16.9 Å². The molecule has 1 amide bonds. The Kier molecular flexibility index (Phi) is 3.53. The normalized spacial score (nSPS) is 19.6. The lowest BCUT2D eigenvalue weighted by Gasteiger charge is -2.23. The van der Waals surface area contributed by atoms with Crippen molar-refractivity contribution in [3.05, 3.63) is 28.9 Å². The quantitative estimate of drug-likeness (QED) is 0.639. The third kappa shape index (κ3) is 2.32. The number of rotatable bonds is 3. The molecule has 1 aromatic heterocycles. The Labute approximate surface area is 113 Å². The number of carbonyl (C=O) groups is 2. The first-order chi connectivity index (χ1) is 8.50. The first-order valence-corrected chi connectivity index (χ1v) is 6.34. The van der Waals surface area contributed by atoms with Gasteiger partial charge < -0.3 is 14.9 Å². The van der Waals surface area contributed by atoms with Crippen LogP contribution in [0.3, 0.4) is 0 Å². The van der Waals surface area contributed by atoms with Crippen LogP contribution in [0.2, 0.25) is 0 Å². The van der Waals surface area contributed by atoms with Crippen molar-refractivity contribution in [1.29, 1.82) is 0 Å². The number of carbonyl (C=O) groups excluding carboxylic acids is 2. The predicted molar refractivity (Wildman–Crippen MR) is 70.3 cm³/mol. The van der Waals surface area contributed by atoms with Crippen molar-refractivity contribution >= 4 is 46.3 Å². The number of amides is 1. The van der Waals surface area contributed by atoms with Crippen molar-refractivity contribution in [3.63, 3.8) is 0 Å². The lowest BCUT2D eigenvalue weighted by molar-refractivity contribution is -0.309. The summed E-state index contributed by atoms with van der Waals surface area (Å²) in [5, 5.41) is 10.8. The van der Waals surface area contributed by atoms with Gasteiger partial charge in [-0.3, -0.25) is 9.69 Å². The second-order valence-corrected chi connectivity index (χ2v) is 5.35. The molecule has 0 aromatic carbocycles. The molecule has 1 saturated heterocycles. The van der Waals surface area contributed by atoms with Gasteiger partial charge in [0.1, 0.15) is 4.32 Å². The average molecular weight is 281 g/mol. The number of carboxylic acids is 1. The van der Waals surface area contributed by atoms with Crippen LogP contribution in [-0.2, 0) is 9.59 Å². The topological polar surface area (TPSA) is 76.2 Å². The molecular formula is C11H9N2O3S2-. The van der Waals surface area contributed by atoms with Crippen molar-refractivity contribution in [2.75, 3.05) is 0 Å². The Morgan fingerprint density at radius 1 is 1.67 bits per heavy atom. The van der Waals surface area contributed by atoms with Crippen LogP contribution in [0.25, 0.3) is 6.08 Å². The lowest BCUT2D eigenvalue weighted by Crippen LogP contribution is -2.48. The number of aromatic amines is 1. The van der Waals surface area contributed by atoms with Crippen LogP contribution in [0.15, 0.2) is 23.2 Å². The second kappa shape index (κ2) is 4.95. The number of aliphatic carboxylic acids is 1. The fourth-order valence-electron chi connectivity index (χ4n) is 1.49. The molecule has 1 N–H and O–H groups in total. The van der Waals surface area contributed by atoms with Gasteiger partial charge in [0, 0.05) is 11.9 Å². The minimum atomic E-state index is -1.33. The molecule has 2 rings (SSSR count). The summed E-state index contributed by atoms with van der Waals surface area (Å²) in [6.45, 7) is 1.37. The number of H-pyrrole nitrogens is 1. The first-order valence-electron chi connectivity index (χ1n) is 5.12. The number of nitrogens with zero attached hydrogens (tertiary/aromatic N) is 1. The monoisotopic (exact) mass is 281 g/mol. The van der Waals surface area contributed by atoms with Gasteiger partial charge >= 0.3 is 0 Å². The number of thioether (sulfide) groups is 1. The molecule has 7 heteroatoms. The molecular weight excluding hydrogens is 272 g/mol. The van der Waals surface area contributed by atoms with E-state index in [1.54, 1.807) is 24.4 Å². The summed E-state index contributed by atoms with van der Waals surface area (Å²) in [7, 11) is 0. The van der Waals surface area contributed by atoms with Crippen LogP contribution >= 0.6 is 24.0 Å². The Morgan fingerprint density at radius 2 is 2.39 bits per heavy atom. The number of carboxylic acid groups (broad SMARTS) is 1. The molecule has 0 unspecified atom stereocenters. The summed E-state index contributed by atoms with van der Waals surface area (Å²) in [4.78, 5) is 27.2. The van der Waals surface area contributed by atoms with Crippen molar-refractivity contribution < 1.29 is 14.7 Å². The van der Waals surface area contributed by atoms with Gasteiger partial charge in [0.2, 0.25) is 0 Å². The van der Waals surface area contributed by atoms with Crippen LogP contribution in [0, 0.1) is 0 Å². The molecule has 1 aliphatic heterocycles. The fourth-order valence-corrected chi connectivity index (χ4v) is 2.90. The molecule has 0 aliphatic carbocycles. The minimum Gasteiger partial charge on any atom is -0.548 e. The van der Waals surface area contributed by atoms with Gasteiger partial charge in [0.25, 0.3) is 5.91 Å². The van der Waals surface area contributed by atoms with Crippen molar-refractivity contribution in [2.24, 2.45) is 0 Å². The lowest BCUT2D eigenvalue weighted by atomic mass is 10.3. The summed E-state index contributed by atoms with van der Waals surface area (Å²) in [6, 6.07) is 2.54. The molecule has 1 aliphatic rings. The summed E-state index contributed by atoms with van der Waals surface area (Å²) in [5.41, 5.74) is 0.761. The van der Waals surface area contributed by atoms with E-state index >= 15 is 0 Å². The molecule has 0 radical (unpaired) electrons. The molecule has 0 bridgehead atoms. The van der Waals surface area contributed by atoms with E-state index in [-0.39, 0.29) is 4.32 Å². The molecule has 1 atom stereocenters. The maximum atomic E-state index is 12.0. The van der Waals surface area contributed by atoms with E-state index < -0.39 is 17.9 Å². The smallest absolute Gasteiger partial charge is 0.266 e. The highest BCUT2D eigenvalue weighted by molar-refractivity contribution is 8.26. The number of hydrogen-bond donors (Lipinski definition) is 1. The van der Waals surface area contributed by atoms with Crippen LogP contribution in [0.5, 0.6) is 0 Å². The average Bonchev–Trinajstić information content (AvgIpc) is 2.88. The summed E-state index contributed by atoms with van der Waals surface area (Å²) in [5.74, 6) is -1.73. The highest BCUT2D eigenvalue weighted by Crippen LogP contribution is 2.33. The van der Waals surface area contributed by atoms with Crippen LogP contribution < -0.4 is 5.11 Å².